The summed E-state index contributed by atoms with van der Waals surface area (Å²) in [5, 5.41) is 5.25. The van der Waals surface area contributed by atoms with E-state index in [2.05, 4.69) is 54.3 Å². The van der Waals surface area contributed by atoms with Crippen molar-refractivity contribution in [2.45, 2.75) is 12.7 Å². The molecular weight excluding hydrogens is 521 g/mol. The predicted octanol–water partition coefficient (Wildman–Crippen LogP) is 6.29. The van der Waals surface area contributed by atoms with Gasteiger partial charge < -0.3 is 14.6 Å². The van der Waals surface area contributed by atoms with Crippen LogP contribution in [-0.4, -0.2) is 29.4 Å². The fraction of sp³-hybridized carbons (Fsp3) is 0.190. The summed E-state index contributed by atoms with van der Waals surface area (Å²) < 4.78 is 24.0. The van der Waals surface area contributed by atoms with E-state index in [1.54, 1.807) is 19.2 Å². The number of anilines is 1. The van der Waals surface area contributed by atoms with Crippen LogP contribution >= 0.6 is 45.4 Å². The van der Waals surface area contributed by atoms with Gasteiger partial charge >= 0.3 is 0 Å². The third-order valence-corrected chi connectivity index (χ3v) is 5.59. The summed E-state index contributed by atoms with van der Waals surface area (Å²) in [6.07, 6.45) is -1.08. The van der Waals surface area contributed by atoms with Gasteiger partial charge in [0.1, 0.15) is 12.0 Å². The van der Waals surface area contributed by atoms with Crippen molar-refractivity contribution in [1.82, 2.24) is 9.55 Å². The third kappa shape index (κ3) is 4.70. The third-order valence-electron chi connectivity index (χ3n) is 4.61. The van der Waals surface area contributed by atoms with Crippen LogP contribution in [0.4, 0.5) is 10.2 Å². The van der Waals surface area contributed by atoms with E-state index in [1.165, 1.54) is 0 Å². The zero-order valence-electron chi connectivity index (χ0n) is 15.6. The van der Waals surface area contributed by atoms with Gasteiger partial charge in [0.15, 0.2) is 0 Å². The minimum absolute atomic E-state index is 0. The van der Waals surface area contributed by atoms with Crippen LogP contribution in [0.5, 0.6) is 5.88 Å². The van der Waals surface area contributed by atoms with E-state index in [-0.39, 0.29) is 26.6 Å². The van der Waals surface area contributed by atoms with Crippen LogP contribution in [0.1, 0.15) is 0 Å². The quantitative estimate of drug-likeness (QED) is 0.312. The highest BCUT2D eigenvalue weighted by molar-refractivity contribution is 9.10. The normalized spacial score (nSPS) is 12.0. The van der Waals surface area contributed by atoms with Crippen LogP contribution in [0.25, 0.3) is 21.8 Å². The van der Waals surface area contributed by atoms with Gasteiger partial charge in [-0.25, -0.2) is 4.39 Å². The molecule has 0 aliphatic heterocycles. The van der Waals surface area contributed by atoms with Gasteiger partial charge in [0, 0.05) is 43.4 Å². The SMILES string of the molecule is COc1cccc(NC[C@H](F)Cn2c3ccc(Br)cc3c3cc(Br)ccc32)n1.S. The van der Waals surface area contributed by atoms with Crippen LogP contribution in [0.15, 0.2) is 63.5 Å². The van der Waals surface area contributed by atoms with Crippen LogP contribution in [0.2, 0.25) is 0 Å². The van der Waals surface area contributed by atoms with Gasteiger partial charge in [0.05, 0.1) is 13.7 Å². The second-order valence-electron chi connectivity index (χ2n) is 6.48. The lowest BCUT2D eigenvalue weighted by Crippen LogP contribution is -2.21. The Kier molecular flexibility index (Phi) is 7.08. The van der Waals surface area contributed by atoms with Crippen molar-refractivity contribution in [2.75, 3.05) is 19.0 Å². The van der Waals surface area contributed by atoms with Gasteiger partial charge in [-0.05, 0) is 42.5 Å². The molecule has 0 amide bonds. The molecule has 4 aromatic rings. The van der Waals surface area contributed by atoms with Crippen molar-refractivity contribution >= 4 is 73.0 Å². The van der Waals surface area contributed by atoms with E-state index in [0.29, 0.717) is 11.7 Å². The van der Waals surface area contributed by atoms with E-state index in [9.17, 15) is 4.39 Å². The summed E-state index contributed by atoms with van der Waals surface area (Å²) in [6.45, 7) is 0.411. The first-order valence-corrected chi connectivity index (χ1v) is 10.4. The van der Waals surface area contributed by atoms with Gasteiger partial charge in [-0.15, -0.1) is 0 Å². The van der Waals surface area contributed by atoms with Crippen LogP contribution in [0.3, 0.4) is 0 Å². The molecule has 2 aromatic heterocycles. The molecular formula is C21H20Br2FN3OS. The highest BCUT2D eigenvalue weighted by Crippen LogP contribution is 2.33. The second kappa shape index (κ2) is 9.36. The zero-order valence-corrected chi connectivity index (χ0v) is 19.8. The molecule has 0 aliphatic carbocycles. The lowest BCUT2D eigenvalue weighted by atomic mass is 10.2. The molecule has 0 unspecified atom stereocenters. The van der Waals surface area contributed by atoms with Gasteiger partial charge in [0.25, 0.3) is 0 Å². The Labute approximate surface area is 192 Å². The fourth-order valence-corrected chi connectivity index (χ4v) is 4.07. The number of hydrogen-bond acceptors (Lipinski definition) is 3. The fourth-order valence-electron chi connectivity index (χ4n) is 3.35. The second-order valence-corrected chi connectivity index (χ2v) is 8.31. The highest BCUT2D eigenvalue weighted by atomic mass is 79.9. The molecule has 4 rings (SSSR count). The van der Waals surface area contributed by atoms with Crippen LogP contribution < -0.4 is 10.1 Å². The lowest BCUT2D eigenvalue weighted by Gasteiger charge is -2.14. The Morgan fingerprint density at radius 2 is 1.66 bits per heavy atom. The molecule has 0 saturated carbocycles. The van der Waals surface area contributed by atoms with E-state index in [4.69, 9.17) is 4.74 Å². The molecule has 152 valence electrons. The maximum absolute atomic E-state index is 14.9. The number of hydrogen-bond donors (Lipinski definition) is 1. The van der Waals surface area contributed by atoms with Crippen LogP contribution in [0, 0.1) is 0 Å². The zero-order chi connectivity index (χ0) is 19.7. The summed E-state index contributed by atoms with van der Waals surface area (Å²) in [5.74, 6) is 1.09. The topological polar surface area (TPSA) is 39.1 Å². The Hall–Kier alpha value is -1.77. The van der Waals surface area contributed by atoms with E-state index in [0.717, 1.165) is 30.8 Å². The number of halogens is 3. The number of methoxy groups -OCH3 is 1. The van der Waals surface area contributed by atoms with Crippen molar-refractivity contribution in [2.24, 2.45) is 0 Å². The van der Waals surface area contributed by atoms with Crippen molar-refractivity contribution in [3.8, 4) is 5.88 Å². The molecule has 2 aromatic carbocycles. The smallest absolute Gasteiger partial charge is 0.214 e. The first-order chi connectivity index (χ1) is 13.5. The van der Waals surface area contributed by atoms with Gasteiger partial charge in [-0.2, -0.15) is 18.5 Å². The van der Waals surface area contributed by atoms with Gasteiger partial charge in [0.2, 0.25) is 5.88 Å². The summed E-state index contributed by atoms with van der Waals surface area (Å²) >= 11 is 7.07. The number of benzene rings is 2. The highest BCUT2D eigenvalue weighted by Gasteiger charge is 2.15. The largest absolute Gasteiger partial charge is 0.481 e. The minimum atomic E-state index is -1.08. The molecule has 0 fully saturated rings. The molecule has 29 heavy (non-hydrogen) atoms. The standard InChI is InChI=1S/C21H18Br2FN3O.H2S/c1-28-21-4-2-3-20(26-21)25-11-15(24)12-27-18-7-5-13(22)9-16(18)17-10-14(23)6-8-19(17)27;/h2-10,15H,11-12H2,1H3,(H,25,26);1H2/t15-;/m0./s1. The summed E-state index contributed by atoms with van der Waals surface area (Å²) in [5.41, 5.74) is 2.02. The molecule has 2 heterocycles. The number of nitrogens with one attached hydrogen (secondary N) is 1. The molecule has 0 aliphatic rings. The molecule has 8 heteroatoms. The Balaban J connectivity index is 0.00000240. The monoisotopic (exact) mass is 539 g/mol. The number of aromatic nitrogens is 2. The number of fused-ring (bicyclic) bond motifs is 3. The minimum Gasteiger partial charge on any atom is -0.481 e. The van der Waals surface area contributed by atoms with Gasteiger partial charge in [-0.1, -0.05) is 37.9 Å². The molecule has 4 nitrogen and oxygen atoms in total. The number of nitrogens with zero attached hydrogens (tertiary/aromatic N) is 2. The summed E-state index contributed by atoms with van der Waals surface area (Å²) in [4.78, 5) is 4.26. The maximum atomic E-state index is 14.9. The first kappa shape index (κ1) is 21.9. The maximum Gasteiger partial charge on any atom is 0.214 e. The van der Waals surface area contributed by atoms with Crippen molar-refractivity contribution in [1.29, 1.82) is 0 Å². The van der Waals surface area contributed by atoms with E-state index >= 15 is 0 Å². The number of rotatable bonds is 6. The van der Waals surface area contributed by atoms with Gasteiger partial charge in [-0.3, -0.25) is 0 Å². The Morgan fingerprint density at radius 3 is 2.24 bits per heavy atom. The van der Waals surface area contributed by atoms with Crippen molar-refractivity contribution in [3.05, 3.63) is 63.5 Å². The molecule has 0 spiro atoms. The van der Waals surface area contributed by atoms with Crippen LogP contribution in [-0.2, 0) is 6.54 Å². The molecule has 0 radical (unpaired) electrons. The van der Waals surface area contributed by atoms with E-state index < -0.39 is 6.17 Å². The molecule has 1 N–H and O–H groups in total. The van der Waals surface area contributed by atoms with Crippen molar-refractivity contribution in [3.63, 3.8) is 0 Å². The molecule has 0 saturated heterocycles. The van der Waals surface area contributed by atoms with E-state index in [1.807, 2.05) is 34.9 Å². The Morgan fingerprint density at radius 1 is 1.03 bits per heavy atom. The lowest BCUT2D eigenvalue weighted by molar-refractivity contribution is 0.315. The molecule has 1 atom stereocenters. The summed E-state index contributed by atoms with van der Waals surface area (Å²) in [6, 6.07) is 17.5. The average Bonchev–Trinajstić information content (AvgIpc) is 2.99. The summed E-state index contributed by atoms with van der Waals surface area (Å²) in [7, 11) is 1.56. The average molecular weight is 541 g/mol. The van der Waals surface area contributed by atoms with Crippen molar-refractivity contribution < 1.29 is 9.13 Å². The Bertz CT molecular complexity index is 1090. The predicted molar refractivity (Wildman–Crippen MR) is 129 cm³/mol. The number of alkyl halides is 1. The number of ether oxygens (including phenoxy) is 1. The molecule has 0 bridgehead atoms. The number of pyridine rings is 1. The first-order valence-electron chi connectivity index (χ1n) is 8.81.